The third-order valence-electron chi connectivity index (χ3n) is 3.58. The summed E-state index contributed by atoms with van der Waals surface area (Å²) in [6.07, 6.45) is 2.34. The van der Waals surface area contributed by atoms with Gasteiger partial charge in [0.1, 0.15) is 0 Å². The van der Waals surface area contributed by atoms with Crippen LogP contribution in [0.15, 0.2) is 0 Å². The molecule has 0 aromatic heterocycles. The summed E-state index contributed by atoms with van der Waals surface area (Å²) in [5.41, 5.74) is 0. The second-order valence-electron chi connectivity index (χ2n) is 4.35. The Labute approximate surface area is 94.9 Å². The maximum absolute atomic E-state index is 11.9. The first kappa shape index (κ1) is 11.0. The van der Waals surface area contributed by atoms with Gasteiger partial charge in [0.05, 0.1) is 15.9 Å². The average molecular weight is 257 g/mol. The van der Waals surface area contributed by atoms with Crippen LogP contribution in [0.25, 0.3) is 0 Å². The van der Waals surface area contributed by atoms with E-state index in [1.54, 1.807) is 6.92 Å². The molecule has 2 fully saturated rings. The highest BCUT2D eigenvalue weighted by atomic mass is 35.5. The van der Waals surface area contributed by atoms with Gasteiger partial charge in [-0.05, 0) is 32.1 Å². The molecular formula is C9H14Cl2O2S. The summed E-state index contributed by atoms with van der Waals surface area (Å²) in [4.78, 5) is 0. The summed E-state index contributed by atoms with van der Waals surface area (Å²) in [5, 5.41) is -0.883. The number of alkyl halides is 2. The maximum Gasteiger partial charge on any atom is 0.157 e. The third-order valence-corrected chi connectivity index (χ3v) is 7.54. The topological polar surface area (TPSA) is 34.1 Å². The molecule has 0 amide bonds. The van der Waals surface area contributed by atoms with E-state index >= 15 is 0 Å². The Hall–Kier alpha value is 0.530. The predicted octanol–water partition coefficient (Wildman–Crippen LogP) is 2.19. The van der Waals surface area contributed by atoms with Crippen LogP contribution in [0.1, 0.15) is 26.2 Å². The van der Waals surface area contributed by atoms with Crippen LogP contribution in [0, 0.1) is 5.92 Å². The summed E-state index contributed by atoms with van der Waals surface area (Å²) in [6.45, 7) is 1.72. The summed E-state index contributed by atoms with van der Waals surface area (Å²) in [7, 11) is -3.02. The molecule has 0 N–H and O–H groups in total. The highest BCUT2D eigenvalue weighted by Gasteiger charge is 2.53. The predicted molar refractivity (Wildman–Crippen MR) is 58.8 cm³/mol. The van der Waals surface area contributed by atoms with Gasteiger partial charge in [0, 0.05) is 5.38 Å². The SMILES string of the molecule is CC1C(Cl)C2CCC(Cl)CC2S1(=O)=O. The van der Waals surface area contributed by atoms with Crippen molar-refractivity contribution >= 4 is 33.0 Å². The Morgan fingerprint density at radius 1 is 1.21 bits per heavy atom. The number of rotatable bonds is 0. The van der Waals surface area contributed by atoms with E-state index < -0.39 is 15.1 Å². The molecule has 14 heavy (non-hydrogen) atoms. The lowest BCUT2D eigenvalue weighted by molar-refractivity contribution is 0.374. The molecule has 2 rings (SSSR count). The second kappa shape index (κ2) is 3.53. The van der Waals surface area contributed by atoms with E-state index in [9.17, 15) is 8.42 Å². The zero-order valence-corrected chi connectivity index (χ0v) is 10.3. The van der Waals surface area contributed by atoms with Crippen molar-refractivity contribution in [2.45, 2.75) is 47.4 Å². The van der Waals surface area contributed by atoms with Crippen LogP contribution in [0.3, 0.4) is 0 Å². The first-order valence-corrected chi connectivity index (χ1v) is 7.43. The van der Waals surface area contributed by atoms with E-state index in [4.69, 9.17) is 23.2 Å². The fourth-order valence-electron chi connectivity index (χ4n) is 2.65. The first-order valence-electron chi connectivity index (χ1n) is 4.95. The number of sulfone groups is 1. The van der Waals surface area contributed by atoms with Crippen molar-refractivity contribution in [1.29, 1.82) is 0 Å². The number of halogens is 2. The molecule has 1 aliphatic carbocycles. The lowest BCUT2D eigenvalue weighted by Gasteiger charge is -2.28. The highest BCUT2D eigenvalue weighted by molar-refractivity contribution is 7.93. The Kier molecular flexibility index (Phi) is 2.78. The number of hydrogen-bond donors (Lipinski definition) is 0. The van der Waals surface area contributed by atoms with Crippen molar-refractivity contribution < 1.29 is 8.42 Å². The lowest BCUT2D eigenvalue weighted by Crippen LogP contribution is -2.32. The van der Waals surface area contributed by atoms with Gasteiger partial charge in [0.25, 0.3) is 0 Å². The van der Waals surface area contributed by atoms with E-state index in [0.29, 0.717) is 6.42 Å². The monoisotopic (exact) mass is 256 g/mol. The second-order valence-corrected chi connectivity index (χ2v) is 8.00. The fourth-order valence-corrected chi connectivity index (χ4v) is 6.30. The Balaban J connectivity index is 2.33. The van der Waals surface area contributed by atoms with E-state index in [2.05, 4.69) is 0 Å². The van der Waals surface area contributed by atoms with Crippen LogP contribution in [0.4, 0.5) is 0 Å². The number of hydrogen-bond acceptors (Lipinski definition) is 2. The molecule has 0 spiro atoms. The standard InChI is InChI=1S/C9H14Cl2O2S/c1-5-9(11)7-3-2-6(10)4-8(7)14(5,12)13/h5-9H,2-4H2,1H3. The average Bonchev–Trinajstić information content (AvgIpc) is 2.29. The molecule has 5 heteroatoms. The van der Waals surface area contributed by atoms with Crippen molar-refractivity contribution in [1.82, 2.24) is 0 Å². The molecule has 1 saturated carbocycles. The zero-order chi connectivity index (χ0) is 10.5. The Morgan fingerprint density at radius 3 is 2.50 bits per heavy atom. The molecule has 1 saturated heterocycles. The van der Waals surface area contributed by atoms with Crippen LogP contribution < -0.4 is 0 Å². The molecule has 2 nitrogen and oxygen atoms in total. The van der Waals surface area contributed by atoms with Crippen molar-refractivity contribution in [3.63, 3.8) is 0 Å². The third kappa shape index (κ3) is 1.48. The molecule has 0 radical (unpaired) electrons. The summed E-state index contributed by atoms with van der Waals surface area (Å²) in [5.74, 6) is 0.131. The molecule has 5 atom stereocenters. The summed E-state index contributed by atoms with van der Waals surface area (Å²) in [6, 6.07) is 0. The molecule has 1 heterocycles. The van der Waals surface area contributed by atoms with Crippen molar-refractivity contribution in [2.75, 3.05) is 0 Å². The van der Waals surface area contributed by atoms with Crippen LogP contribution in [0.5, 0.6) is 0 Å². The minimum absolute atomic E-state index is 0.0141. The van der Waals surface area contributed by atoms with Crippen molar-refractivity contribution in [3.05, 3.63) is 0 Å². The minimum Gasteiger partial charge on any atom is -0.228 e. The van der Waals surface area contributed by atoms with Gasteiger partial charge in [-0.3, -0.25) is 0 Å². The van der Waals surface area contributed by atoms with Gasteiger partial charge in [0.15, 0.2) is 9.84 Å². The molecule has 0 bridgehead atoms. The van der Waals surface area contributed by atoms with Gasteiger partial charge in [-0.2, -0.15) is 0 Å². The largest absolute Gasteiger partial charge is 0.228 e. The van der Waals surface area contributed by atoms with Crippen molar-refractivity contribution in [3.8, 4) is 0 Å². The summed E-state index contributed by atoms with van der Waals surface area (Å²) < 4.78 is 23.9. The van der Waals surface area contributed by atoms with Crippen LogP contribution in [0.2, 0.25) is 0 Å². The van der Waals surface area contributed by atoms with Crippen LogP contribution in [-0.2, 0) is 9.84 Å². The van der Waals surface area contributed by atoms with Gasteiger partial charge < -0.3 is 0 Å². The smallest absolute Gasteiger partial charge is 0.157 e. The van der Waals surface area contributed by atoms with Crippen LogP contribution >= 0.6 is 23.2 Å². The maximum atomic E-state index is 11.9. The van der Waals surface area contributed by atoms with Gasteiger partial charge >= 0.3 is 0 Å². The van der Waals surface area contributed by atoms with E-state index in [0.717, 1.165) is 12.8 Å². The van der Waals surface area contributed by atoms with Gasteiger partial charge in [-0.25, -0.2) is 8.42 Å². The normalized spacial score (nSPS) is 51.5. The van der Waals surface area contributed by atoms with E-state index in [1.807, 2.05) is 0 Å². The molecule has 1 aliphatic heterocycles. The van der Waals surface area contributed by atoms with Gasteiger partial charge in [-0.15, -0.1) is 23.2 Å². The lowest BCUT2D eigenvalue weighted by atomic mass is 9.85. The molecule has 0 aromatic carbocycles. The molecule has 2 aliphatic rings. The van der Waals surface area contributed by atoms with Gasteiger partial charge in [-0.1, -0.05) is 0 Å². The molecule has 5 unspecified atom stereocenters. The fraction of sp³-hybridized carbons (Fsp3) is 1.00. The summed E-state index contributed by atoms with van der Waals surface area (Å²) >= 11 is 12.1. The van der Waals surface area contributed by atoms with Gasteiger partial charge in [0.2, 0.25) is 0 Å². The van der Waals surface area contributed by atoms with E-state index in [1.165, 1.54) is 0 Å². The minimum atomic E-state index is -3.02. The molecular weight excluding hydrogens is 243 g/mol. The molecule has 82 valence electrons. The van der Waals surface area contributed by atoms with Crippen LogP contribution in [-0.4, -0.2) is 29.7 Å². The first-order chi connectivity index (χ1) is 6.44. The van der Waals surface area contributed by atoms with E-state index in [-0.39, 0.29) is 21.9 Å². The Bertz CT molecular complexity index is 328. The van der Waals surface area contributed by atoms with Crippen molar-refractivity contribution in [2.24, 2.45) is 5.92 Å². The molecule has 0 aromatic rings. The highest BCUT2D eigenvalue weighted by Crippen LogP contribution is 2.45. The number of fused-ring (bicyclic) bond motifs is 1. The Morgan fingerprint density at radius 2 is 1.86 bits per heavy atom. The zero-order valence-electron chi connectivity index (χ0n) is 7.99. The quantitative estimate of drug-likeness (QED) is 0.623.